The molecule has 0 spiro atoms. The van der Waals surface area contributed by atoms with E-state index < -0.39 is 0 Å². The minimum atomic E-state index is 0.262. The second-order valence-corrected chi connectivity index (χ2v) is 5.33. The molecule has 3 rings (SSSR count). The van der Waals surface area contributed by atoms with Gasteiger partial charge in [-0.15, -0.1) is 0 Å². The van der Waals surface area contributed by atoms with Crippen LogP contribution < -0.4 is 4.90 Å². The number of hydrogen-bond donors (Lipinski definition) is 0. The molecule has 2 aromatic rings. The Hall–Kier alpha value is -2.23. The first kappa shape index (κ1) is 13.7. The van der Waals surface area contributed by atoms with Crippen molar-refractivity contribution < 1.29 is 4.79 Å². The number of piperazine rings is 1. The minimum absolute atomic E-state index is 0.262. The first-order chi connectivity index (χ1) is 10.3. The van der Waals surface area contributed by atoms with Crippen molar-refractivity contribution in [3.8, 4) is 5.69 Å². The van der Waals surface area contributed by atoms with E-state index in [0.717, 1.165) is 26.2 Å². The van der Waals surface area contributed by atoms with Gasteiger partial charge in [0, 0.05) is 56.4 Å². The molecule has 1 aromatic carbocycles. The molecule has 0 radical (unpaired) electrons. The van der Waals surface area contributed by atoms with Gasteiger partial charge in [-0.3, -0.25) is 4.79 Å². The highest BCUT2D eigenvalue weighted by atomic mass is 16.2. The fourth-order valence-corrected chi connectivity index (χ4v) is 2.78. The van der Waals surface area contributed by atoms with Crippen molar-refractivity contribution in [2.45, 2.75) is 13.3 Å². The summed E-state index contributed by atoms with van der Waals surface area (Å²) in [5.41, 5.74) is 2.40. The third-order valence-corrected chi connectivity index (χ3v) is 4.05. The zero-order chi connectivity index (χ0) is 14.7. The lowest BCUT2D eigenvalue weighted by molar-refractivity contribution is -0.131. The molecule has 1 amide bonds. The molecular formula is C17H21N3O. The molecule has 1 fully saturated rings. The van der Waals surface area contributed by atoms with E-state index in [4.69, 9.17) is 0 Å². The highest BCUT2D eigenvalue weighted by Gasteiger charge is 2.19. The summed E-state index contributed by atoms with van der Waals surface area (Å²) in [6.45, 7) is 5.40. The van der Waals surface area contributed by atoms with Gasteiger partial charge in [0.15, 0.2) is 0 Å². The Kier molecular flexibility index (Phi) is 3.95. The molecule has 110 valence electrons. The number of nitrogens with zero attached hydrogens (tertiary/aromatic N) is 3. The molecule has 0 bridgehead atoms. The van der Waals surface area contributed by atoms with Crippen LogP contribution in [-0.4, -0.2) is 41.6 Å². The van der Waals surface area contributed by atoms with Gasteiger partial charge in [0.05, 0.1) is 0 Å². The predicted molar refractivity (Wildman–Crippen MR) is 84.9 cm³/mol. The number of carbonyl (C=O) groups is 1. The summed E-state index contributed by atoms with van der Waals surface area (Å²) in [6.07, 6.45) is 4.69. The molecule has 4 nitrogen and oxygen atoms in total. The first-order valence-electron chi connectivity index (χ1n) is 7.54. The normalized spacial score (nSPS) is 15.3. The van der Waals surface area contributed by atoms with Gasteiger partial charge < -0.3 is 14.4 Å². The van der Waals surface area contributed by atoms with Crippen LogP contribution in [0.3, 0.4) is 0 Å². The fourth-order valence-electron chi connectivity index (χ4n) is 2.78. The molecule has 1 aliphatic heterocycles. The molecule has 1 aromatic heterocycles. The topological polar surface area (TPSA) is 28.5 Å². The highest BCUT2D eigenvalue weighted by Crippen LogP contribution is 2.19. The maximum Gasteiger partial charge on any atom is 0.222 e. The Morgan fingerprint density at radius 3 is 2.10 bits per heavy atom. The largest absolute Gasteiger partial charge is 0.368 e. The van der Waals surface area contributed by atoms with Crippen molar-refractivity contribution >= 4 is 11.6 Å². The lowest BCUT2D eigenvalue weighted by atomic mass is 10.2. The molecule has 0 N–H and O–H groups in total. The van der Waals surface area contributed by atoms with Gasteiger partial charge >= 0.3 is 0 Å². The number of rotatable bonds is 3. The zero-order valence-electron chi connectivity index (χ0n) is 12.4. The average molecular weight is 283 g/mol. The number of hydrogen-bond acceptors (Lipinski definition) is 2. The Morgan fingerprint density at radius 1 is 0.952 bits per heavy atom. The Bertz CT molecular complexity index is 581. The SMILES string of the molecule is CCC(=O)N1CCN(c2ccc(-n3cccc3)cc2)CC1. The van der Waals surface area contributed by atoms with E-state index in [1.807, 2.05) is 36.4 Å². The molecule has 0 saturated carbocycles. The average Bonchev–Trinajstić information content (AvgIpc) is 3.09. The van der Waals surface area contributed by atoms with Crippen LogP contribution in [0.15, 0.2) is 48.8 Å². The monoisotopic (exact) mass is 283 g/mol. The number of anilines is 1. The molecule has 1 aliphatic rings. The summed E-state index contributed by atoms with van der Waals surface area (Å²) < 4.78 is 2.10. The van der Waals surface area contributed by atoms with Crippen LogP contribution in [0.25, 0.3) is 5.69 Å². The second-order valence-electron chi connectivity index (χ2n) is 5.33. The van der Waals surface area contributed by atoms with Crippen molar-refractivity contribution in [1.82, 2.24) is 9.47 Å². The second kappa shape index (κ2) is 6.04. The maximum atomic E-state index is 11.7. The van der Waals surface area contributed by atoms with Gasteiger partial charge in [-0.25, -0.2) is 0 Å². The summed E-state index contributed by atoms with van der Waals surface area (Å²) in [5, 5.41) is 0. The highest BCUT2D eigenvalue weighted by molar-refractivity contribution is 5.76. The van der Waals surface area contributed by atoms with Crippen LogP contribution in [0, 0.1) is 0 Å². The van der Waals surface area contributed by atoms with E-state index in [1.54, 1.807) is 0 Å². The van der Waals surface area contributed by atoms with E-state index in [2.05, 4.69) is 33.7 Å². The zero-order valence-corrected chi connectivity index (χ0v) is 12.4. The molecule has 21 heavy (non-hydrogen) atoms. The van der Waals surface area contributed by atoms with Gasteiger partial charge in [0.2, 0.25) is 5.91 Å². The quantitative estimate of drug-likeness (QED) is 0.866. The predicted octanol–water partition coefficient (Wildman–Crippen LogP) is 2.54. The summed E-state index contributed by atoms with van der Waals surface area (Å²) >= 11 is 0. The lowest BCUT2D eigenvalue weighted by Gasteiger charge is -2.36. The number of benzene rings is 1. The third-order valence-electron chi connectivity index (χ3n) is 4.05. The summed E-state index contributed by atoms with van der Waals surface area (Å²) in [5.74, 6) is 0.262. The fraction of sp³-hybridized carbons (Fsp3) is 0.353. The van der Waals surface area contributed by atoms with E-state index in [1.165, 1.54) is 11.4 Å². The smallest absolute Gasteiger partial charge is 0.222 e. The number of amides is 1. The van der Waals surface area contributed by atoms with Gasteiger partial charge in [-0.2, -0.15) is 0 Å². The van der Waals surface area contributed by atoms with Crippen LogP contribution in [0.1, 0.15) is 13.3 Å². The lowest BCUT2D eigenvalue weighted by Crippen LogP contribution is -2.48. The van der Waals surface area contributed by atoms with Crippen LogP contribution in [0.2, 0.25) is 0 Å². The van der Waals surface area contributed by atoms with Crippen molar-refractivity contribution in [2.24, 2.45) is 0 Å². The van der Waals surface area contributed by atoms with Crippen LogP contribution >= 0.6 is 0 Å². The Balaban J connectivity index is 1.65. The molecule has 2 heterocycles. The van der Waals surface area contributed by atoms with Crippen LogP contribution in [0.5, 0.6) is 0 Å². The van der Waals surface area contributed by atoms with E-state index in [-0.39, 0.29) is 5.91 Å². The maximum absolute atomic E-state index is 11.7. The number of aromatic nitrogens is 1. The summed E-state index contributed by atoms with van der Waals surface area (Å²) in [7, 11) is 0. The van der Waals surface area contributed by atoms with E-state index in [9.17, 15) is 4.79 Å². The molecule has 1 saturated heterocycles. The first-order valence-corrected chi connectivity index (χ1v) is 7.54. The van der Waals surface area contributed by atoms with Gasteiger partial charge in [0.1, 0.15) is 0 Å². The van der Waals surface area contributed by atoms with Crippen LogP contribution in [-0.2, 0) is 4.79 Å². The Labute approximate surface area is 125 Å². The van der Waals surface area contributed by atoms with Gasteiger partial charge in [-0.05, 0) is 36.4 Å². The summed E-state index contributed by atoms with van der Waals surface area (Å²) in [4.78, 5) is 16.0. The van der Waals surface area contributed by atoms with E-state index >= 15 is 0 Å². The molecule has 0 unspecified atom stereocenters. The molecular weight excluding hydrogens is 262 g/mol. The van der Waals surface area contributed by atoms with Gasteiger partial charge in [0.25, 0.3) is 0 Å². The van der Waals surface area contributed by atoms with Crippen molar-refractivity contribution in [3.63, 3.8) is 0 Å². The number of carbonyl (C=O) groups excluding carboxylic acids is 1. The molecule has 0 aliphatic carbocycles. The van der Waals surface area contributed by atoms with Crippen LogP contribution in [0.4, 0.5) is 5.69 Å². The standard InChI is InChI=1S/C17H21N3O/c1-2-17(21)20-13-11-19(12-14-20)16-7-5-15(6-8-16)18-9-3-4-10-18/h3-10H,2,11-14H2,1H3. The molecule has 4 heteroatoms. The Morgan fingerprint density at radius 2 is 1.52 bits per heavy atom. The van der Waals surface area contributed by atoms with Crippen molar-refractivity contribution in [2.75, 3.05) is 31.1 Å². The third kappa shape index (κ3) is 2.94. The molecule has 0 atom stereocenters. The van der Waals surface area contributed by atoms with Crippen molar-refractivity contribution in [1.29, 1.82) is 0 Å². The van der Waals surface area contributed by atoms with Crippen molar-refractivity contribution in [3.05, 3.63) is 48.8 Å². The van der Waals surface area contributed by atoms with Gasteiger partial charge in [-0.1, -0.05) is 6.92 Å². The summed E-state index contributed by atoms with van der Waals surface area (Å²) in [6, 6.07) is 12.6. The van der Waals surface area contributed by atoms with E-state index in [0.29, 0.717) is 6.42 Å². The minimum Gasteiger partial charge on any atom is -0.368 e.